The van der Waals surface area contributed by atoms with Crippen LogP contribution in [0.1, 0.15) is 25.0 Å². The number of aliphatic carboxylic acids is 1. The zero-order valence-electron chi connectivity index (χ0n) is 8.29. The van der Waals surface area contributed by atoms with Gasteiger partial charge < -0.3 is 5.11 Å². The lowest BCUT2D eigenvalue weighted by atomic mass is 10.1. The van der Waals surface area contributed by atoms with Gasteiger partial charge in [0.15, 0.2) is 0 Å². The summed E-state index contributed by atoms with van der Waals surface area (Å²) >= 11 is 0. The van der Waals surface area contributed by atoms with E-state index in [9.17, 15) is 4.79 Å². The number of fused-ring (bicyclic) bond motifs is 1. The molecule has 0 aliphatic carbocycles. The Labute approximate surface area is 86.4 Å². The maximum Gasteiger partial charge on any atom is 0.304 e. The van der Waals surface area contributed by atoms with Crippen LogP contribution in [0.25, 0.3) is 5.78 Å². The number of hydrogen-bond acceptors (Lipinski definition) is 3. The Hall–Kier alpha value is -1.91. The largest absolute Gasteiger partial charge is 0.481 e. The van der Waals surface area contributed by atoms with Crippen LogP contribution in [0.3, 0.4) is 0 Å². The second-order valence-corrected chi connectivity index (χ2v) is 3.49. The van der Waals surface area contributed by atoms with Crippen LogP contribution in [0.5, 0.6) is 0 Å². The van der Waals surface area contributed by atoms with Crippen LogP contribution in [0.15, 0.2) is 24.7 Å². The van der Waals surface area contributed by atoms with Gasteiger partial charge in [0.25, 0.3) is 0 Å². The minimum absolute atomic E-state index is 0.0872. The van der Waals surface area contributed by atoms with Crippen LogP contribution in [0, 0.1) is 0 Å². The lowest BCUT2D eigenvalue weighted by molar-refractivity contribution is -0.137. The van der Waals surface area contributed by atoms with Gasteiger partial charge in [-0.15, -0.1) is 0 Å². The number of nitrogens with zero attached hydrogens (tertiary/aromatic N) is 3. The number of carboxylic acids is 1. The summed E-state index contributed by atoms with van der Waals surface area (Å²) in [5, 5.41) is 8.67. The quantitative estimate of drug-likeness (QED) is 0.820. The predicted octanol–water partition coefficient (Wildman–Crippen LogP) is 1.31. The van der Waals surface area contributed by atoms with Gasteiger partial charge in [0.1, 0.15) is 0 Å². The van der Waals surface area contributed by atoms with Crippen LogP contribution in [0.2, 0.25) is 0 Å². The molecule has 2 heterocycles. The zero-order chi connectivity index (χ0) is 10.8. The molecule has 0 aromatic carbocycles. The first-order valence-electron chi connectivity index (χ1n) is 4.68. The number of aromatic nitrogens is 3. The summed E-state index contributed by atoms with van der Waals surface area (Å²) in [6, 6.07) is 1.81. The average molecular weight is 205 g/mol. The molecule has 2 aromatic rings. The summed E-state index contributed by atoms with van der Waals surface area (Å²) in [5.41, 5.74) is 0.760. The Balaban J connectivity index is 2.32. The summed E-state index contributed by atoms with van der Waals surface area (Å²) in [4.78, 5) is 18.9. The highest BCUT2D eigenvalue weighted by atomic mass is 16.4. The molecule has 0 fully saturated rings. The van der Waals surface area contributed by atoms with Gasteiger partial charge >= 0.3 is 5.97 Å². The maximum absolute atomic E-state index is 10.5. The van der Waals surface area contributed by atoms with Crippen LogP contribution < -0.4 is 0 Å². The first-order valence-corrected chi connectivity index (χ1v) is 4.68. The van der Waals surface area contributed by atoms with Crippen molar-refractivity contribution in [1.29, 1.82) is 0 Å². The normalized spacial score (nSPS) is 12.9. The maximum atomic E-state index is 10.5. The van der Waals surface area contributed by atoms with Crippen molar-refractivity contribution in [2.75, 3.05) is 0 Å². The minimum Gasteiger partial charge on any atom is -0.481 e. The minimum atomic E-state index is -0.812. The van der Waals surface area contributed by atoms with E-state index in [2.05, 4.69) is 9.97 Å². The number of hydrogen-bond donors (Lipinski definition) is 1. The molecular weight excluding hydrogens is 194 g/mol. The molecule has 0 saturated heterocycles. The third kappa shape index (κ3) is 1.96. The smallest absolute Gasteiger partial charge is 0.304 e. The SMILES string of the molecule is CC(CC(=O)O)c1cn2cccnc2n1. The topological polar surface area (TPSA) is 67.5 Å². The predicted molar refractivity (Wildman–Crippen MR) is 53.7 cm³/mol. The highest BCUT2D eigenvalue weighted by Crippen LogP contribution is 2.17. The molecule has 78 valence electrons. The van der Waals surface area contributed by atoms with Crippen LogP contribution in [0.4, 0.5) is 0 Å². The van der Waals surface area contributed by atoms with Crippen molar-refractivity contribution in [1.82, 2.24) is 14.4 Å². The van der Waals surface area contributed by atoms with E-state index in [1.54, 1.807) is 16.7 Å². The molecule has 2 rings (SSSR count). The second kappa shape index (κ2) is 3.68. The van der Waals surface area contributed by atoms with E-state index < -0.39 is 5.97 Å². The summed E-state index contributed by atoms with van der Waals surface area (Å²) in [7, 11) is 0. The summed E-state index contributed by atoms with van der Waals surface area (Å²) < 4.78 is 1.79. The Bertz CT molecular complexity index is 459. The van der Waals surface area contributed by atoms with E-state index in [-0.39, 0.29) is 12.3 Å². The Morgan fingerprint density at radius 1 is 1.67 bits per heavy atom. The molecule has 0 radical (unpaired) electrons. The molecular formula is C10H11N3O2. The summed E-state index contributed by atoms with van der Waals surface area (Å²) in [6.07, 6.45) is 5.40. The van der Waals surface area contributed by atoms with Crippen molar-refractivity contribution >= 4 is 11.7 Å². The van der Waals surface area contributed by atoms with Crippen LogP contribution in [-0.4, -0.2) is 25.4 Å². The number of imidazole rings is 1. The molecule has 2 aromatic heterocycles. The van der Waals surface area contributed by atoms with Gasteiger partial charge in [-0.05, 0) is 6.07 Å². The van der Waals surface area contributed by atoms with Gasteiger partial charge in [0.2, 0.25) is 5.78 Å². The Kier molecular flexibility index (Phi) is 2.37. The van der Waals surface area contributed by atoms with Crippen molar-refractivity contribution in [3.05, 3.63) is 30.4 Å². The molecule has 0 aliphatic heterocycles. The van der Waals surface area contributed by atoms with Gasteiger partial charge in [-0.25, -0.2) is 9.97 Å². The third-order valence-corrected chi connectivity index (χ3v) is 2.24. The third-order valence-electron chi connectivity index (χ3n) is 2.24. The zero-order valence-corrected chi connectivity index (χ0v) is 8.29. The van der Waals surface area contributed by atoms with E-state index in [1.165, 1.54) is 0 Å². The first-order chi connectivity index (χ1) is 7.16. The molecule has 1 N–H and O–H groups in total. The molecule has 0 spiro atoms. The number of carbonyl (C=O) groups is 1. The van der Waals surface area contributed by atoms with Crippen LogP contribution in [-0.2, 0) is 4.79 Å². The average Bonchev–Trinajstić information content (AvgIpc) is 2.59. The van der Waals surface area contributed by atoms with Crippen molar-refractivity contribution in [2.24, 2.45) is 0 Å². The van der Waals surface area contributed by atoms with Crippen LogP contribution >= 0.6 is 0 Å². The molecule has 0 amide bonds. The Morgan fingerprint density at radius 3 is 3.13 bits per heavy atom. The van der Waals surface area contributed by atoms with Gasteiger partial charge in [-0.2, -0.15) is 0 Å². The van der Waals surface area contributed by atoms with E-state index in [1.807, 2.05) is 19.3 Å². The van der Waals surface area contributed by atoms with Gasteiger partial charge in [0, 0.05) is 24.5 Å². The highest BCUT2D eigenvalue weighted by Gasteiger charge is 2.13. The van der Waals surface area contributed by atoms with E-state index >= 15 is 0 Å². The second-order valence-electron chi connectivity index (χ2n) is 3.49. The van der Waals surface area contributed by atoms with Crippen molar-refractivity contribution in [2.45, 2.75) is 19.3 Å². The van der Waals surface area contributed by atoms with Crippen molar-refractivity contribution in [3.8, 4) is 0 Å². The lowest BCUT2D eigenvalue weighted by Crippen LogP contribution is -2.02. The standard InChI is InChI=1S/C10H11N3O2/c1-7(5-9(14)15)8-6-13-4-2-3-11-10(13)12-8/h2-4,6-7H,5H2,1H3,(H,14,15). The van der Waals surface area contributed by atoms with Crippen molar-refractivity contribution < 1.29 is 9.90 Å². The first kappa shape index (κ1) is 9.64. The Morgan fingerprint density at radius 2 is 2.47 bits per heavy atom. The fraction of sp³-hybridized carbons (Fsp3) is 0.300. The van der Waals surface area contributed by atoms with Gasteiger partial charge in [0.05, 0.1) is 12.1 Å². The molecule has 5 heteroatoms. The molecule has 0 aliphatic rings. The molecule has 1 atom stereocenters. The summed E-state index contributed by atoms with van der Waals surface area (Å²) in [6.45, 7) is 1.84. The van der Waals surface area contributed by atoms with E-state index in [0.29, 0.717) is 5.78 Å². The van der Waals surface area contributed by atoms with Gasteiger partial charge in [-0.3, -0.25) is 9.20 Å². The molecule has 5 nitrogen and oxygen atoms in total. The number of rotatable bonds is 3. The lowest BCUT2D eigenvalue weighted by Gasteiger charge is -2.02. The number of carboxylic acid groups (broad SMARTS) is 1. The fourth-order valence-corrected chi connectivity index (χ4v) is 1.45. The highest BCUT2D eigenvalue weighted by molar-refractivity contribution is 5.67. The molecule has 0 bridgehead atoms. The van der Waals surface area contributed by atoms with E-state index in [4.69, 9.17) is 5.11 Å². The molecule has 1 unspecified atom stereocenters. The monoisotopic (exact) mass is 205 g/mol. The van der Waals surface area contributed by atoms with Gasteiger partial charge in [-0.1, -0.05) is 6.92 Å². The fourth-order valence-electron chi connectivity index (χ4n) is 1.45. The summed E-state index contributed by atoms with van der Waals surface area (Å²) in [5.74, 6) is -0.304. The van der Waals surface area contributed by atoms with Crippen molar-refractivity contribution in [3.63, 3.8) is 0 Å². The molecule has 15 heavy (non-hydrogen) atoms. The molecule has 0 saturated carbocycles. The van der Waals surface area contributed by atoms with E-state index in [0.717, 1.165) is 5.69 Å².